The smallest absolute Gasteiger partial charge is 0.433 e. The van der Waals surface area contributed by atoms with Crippen molar-refractivity contribution in [1.29, 1.82) is 0 Å². The fraction of sp³-hybridized carbons (Fsp3) is 0.125. The molecule has 0 aromatic heterocycles. The molecule has 1 heterocycles. The maximum atomic E-state index is 11.3. The molecule has 1 atom stereocenters. The van der Waals surface area contributed by atoms with Crippen molar-refractivity contribution in [3.8, 4) is 0 Å². The number of quaternary nitrogens is 1. The summed E-state index contributed by atoms with van der Waals surface area (Å²) in [6.07, 6.45) is -1.41. The highest BCUT2D eigenvalue weighted by molar-refractivity contribution is 6.68. The lowest BCUT2D eigenvalue weighted by Crippen LogP contribution is -2.55. The van der Waals surface area contributed by atoms with Gasteiger partial charge in [0.2, 0.25) is 5.69 Å². The van der Waals surface area contributed by atoms with Crippen molar-refractivity contribution in [3.05, 3.63) is 24.3 Å². The van der Waals surface area contributed by atoms with Crippen LogP contribution in [0.2, 0.25) is 0 Å². The van der Waals surface area contributed by atoms with Gasteiger partial charge in [-0.15, -0.1) is 0 Å². The quantitative estimate of drug-likeness (QED) is 0.443. The van der Waals surface area contributed by atoms with E-state index in [2.05, 4.69) is 10.3 Å². The van der Waals surface area contributed by atoms with Gasteiger partial charge in [0.1, 0.15) is 0 Å². The molecule has 8 heteroatoms. The lowest BCUT2D eigenvalue weighted by molar-refractivity contribution is 0.146. The van der Waals surface area contributed by atoms with Crippen LogP contribution in [0.15, 0.2) is 34.6 Å². The predicted octanol–water partition coefficient (Wildman–Crippen LogP) is 4.01. The highest BCUT2D eigenvalue weighted by Gasteiger charge is 2.62. The minimum Gasteiger partial charge on any atom is -0.433 e. The van der Waals surface area contributed by atoms with E-state index in [1.165, 1.54) is 6.07 Å². The molecule has 1 amide bonds. The van der Waals surface area contributed by atoms with Gasteiger partial charge in [0.25, 0.3) is 0 Å². The molecule has 1 unspecified atom stereocenters. The van der Waals surface area contributed by atoms with E-state index in [0.717, 1.165) is 0 Å². The van der Waals surface area contributed by atoms with Crippen molar-refractivity contribution in [3.63, 3.8) is 0 Å². The van der Waals surface area contributed by atoms with Crippen LogP contribution in [0.3, 0.4) is 0 Å². The molecule has 84 valence electrons. The topological polar surface area (TPSA) is 62.0 Å². The third-order valence-corrected chi connectivity index (χ3v) is 2.89. The van der Waals surface area contributed by atoms with Crippen LogP contribution in [0.1, 0.15) is 0 Å². The number of rotatable bonds is 0. The van der Waals surface area contributed by atoms with Gasteiger partial charge in [-0.05, 0) is 40.9 Å². The maximum absolute atomic E-state index is 11.3. The number of halogens is 3. The Hall–Kier alpha value is -0.880. The van der Waals surface area contributed by atoms with Crippen LogP contribution in [0.5, 0.6) is 0 Å². The van der Waals surface area contributed by atoms with Gasteiger partial charge in [-0.1, -0.05) is 17.2 Å². The van der Waals surface area contributed by atoms with Crippen molar-refractivity contribution in [2.75, 3.05) is 0 Å². The van der Waals surface area contributed by atoms with E-state index in [4.69, 9.17) is 34.8 Å². The number of fused-ring (bicyclic) bond motifs is 1. The summed E-state index contributed by atoms with van der Waals surface area (Å²) in [7, 11) is 0. The largest absolute Gasteiger partial charge is 0.551 e. The summed E-state index contributed by atoms with van der Waals surface area (Å²) in [5.41, 5.74) is 0.589. The van der Waals surface area contributed by atoms with Gasteiger partial charge in [0.15, 0.2) is 5.69 Å². The number of carbonyl (C=O) groups is 1. The fourth-order valence-electron chi connectivity index (χ4n) is 1.42. The van der Waals surface area contributed by atoms with Gasteiger partial charge in [-0.2, -0.15) is 4.79 Å². The molecular weight excluding hydrogens is 276 g/mol. The first-order valence-corrected chi connectivity index (χ1v) is 5.25. The number of alkyl halides is 3. The molecule has 1 aliphatic heterocycles. The van der Waals surface area contributed by atoms with Gasteiger partial charge in [0, 0.05) is 10.7 Å². The Labute approximate surface area is 105 Å². The minimum atomic E-state index is -2.16. The van der Waals surface area contributed by atoms with Crippen LogP contribution in [-0.4, -0.2) is 15.1 Å². The number of para-hydroxylation sites is 1. The molecule has 0 saturated heterocycles. The van der Waals surface area contributed by atoms with Crippen LogP contribution < -0.4 is 4.59 Å². The molecule has 1 aromatic carbocycles. The van der Waals surface area contributed by atoms with Gasteiger partial charge in [0.05, 0.1) is 5.22 Å². The highest BCUT2D eigenvalue weighted by Crippen LogP contribution is 2.51. The van der Waals surface area contributed by atoms with Crippen LogP contribution in [0.25, 0.3) is 0 Å². The zero-order valence-corrected chi connectivity index (χ0v) is 9.91. The maximum Gasteiger partial charge on any atom is 0.551 e. The number of amides is 1. The first kappa shape index (κ1) is 11.6. The first-order chi connectivity index (χ1) is 7.39. The molecule has 0 radical (unpaired) electrons. The predicted molar refractivity (Wildman–Crippen MR) is 61.1 cm³/mol. The monoisotopic (exact) mass is 280 g/mol. The van der Waals surface area contributed by atoms with E-state index >= 15 is 0 Å². The zero-order valence-electron chi connectivity index (χ0n) is 7.64. The number of carboxylic acid groups (broad SMARTS) is 1. The standard InChI is InChI=1S/C8H4Cl3N3O2/c9-8(10,11)14(7(15)16)6-4-2-1-3-5(6)12-13-14/h1-4H/p+1. The summed E-state index contributed by atoms with van der Waals surface area (Å²) < 4.78 is -3.37. The summed E-state index contributed by atoms with van der Waals surface area (Å²) in [4.78, 5) is 11.3. The third-order valence-electron chi connectivity index (χ3n) is 2.16. The van der Waals surface area contributed by atoms with E-state index in [1.54, 1.807) is 18.2 Å². The Morgan fingerprint density at radius 1 is 1.31 bits per heavy atom. The van der Waals surface area contributed by atoms with Crippen molar-refractivity contribution in [2.24, 2.45) is 10.3 Å². The van der Waals surface area contributed by atoms with E-state index in [9.17, 15) is 9.90 Å². The summed E-state index contributed by atoms with van der Waals surface area (Å²) in [6.45, 7) is 0. The third kappa shape index (κ3) is 1.40. The Morgan fingerprint density at radius 3 is 2.50 bits per heavy atom. The number of hydrogen-bond acceptors (Lipinski definition) is 3. The average molecular weight is 282 g/mol. The molecule has 1 N–H and O–H groups in total. The van der Waals surface area contributed by atoms with E-state index < -0.39 is 14.6 Å². The SMILES string of the molecule is O=C(O)[N+]1(C(Cl)(Cl)Cl)N=Nc2ccccc21. The molecule has 1 aromatic rings. The Balaban J connectivity index is 2.71. The van der Waals surface area contributed by atoms with E-state index in [0.29, 0.717) is 5.69 Å². The van der Waals surface area contributed by atoms with Crippen LogP contribution in [0.4, 0.5) is 16.2 Å². The molecule has 0 fully saturated rings. The van der Waals surface area contributed by atoms with Gasteiger partial charge in [-0.25, -0.2) is 0 Å². The molecule has 16 heavy (non-hydrogen) atoms. The summed E-state index contributed by atoms with van der Waals surface area (Å²) in [6, 6.07) is 6.42. The second kappa shape index (κ2) is 3.56. The van der Waals surface area contributed by atoms with Crippen molar-refractivity contribution >= 4 is 52.3 Å². The Kier molecular flexibility index (Phi) is 2.58. The normalized spacial score (nSPS) is 23.2. The molecule has 0 bridgehead atoms. The molecule has 0 aliphatic carbocycles. The fourth-order valence-corrected chi connectivity index (χ4v) is 2.01. The van der Waals surface area contributed by atoms with Crippen LogP contribution in [0, 0.1) is 0 Å². The molecule has 0 saturated carbocycles. The molecule has 2 rings (SSSR count). The van der Waals surface area contributed by atoms with Crippen molar-refractivity contribution < 1.29 is 9.90 Å². The first-order valence-electron chi connectivity index (χ1n) is 4.12. The number of nitrogens with zero attached hydrogens (tertiary/aromatic N) is 3. The van der Waals surface area contributed by atoms with E-state index in [-0.39, 0.29) is 5.69 Å². The average Bonchev–Trinajstić information content (AvgIpc) is 2.56. The van der Waals surface area contributed by atoms with Gasteiger partial charge < -0.3 is 5.11 Å². The highest BCUT2D eigenvalue weighted by atomic mass is 35.6. The molecule has 1 aliphatic rings. The molecular formula is C8H5Cl3N3O2+. The summed E-state index contributed by atoms with van der Waals surface area (Å²) in [5.74, 6) is 0. The Morgan fingerprint density at radius 2 is 1.94 bits per heavy atom. The van der Waals surface area contributed by atoms with Crippen molar-refractivity contribution in [2.45, 2.75) is 3.92 Å². The van der Waals surface area contributed by atoms with Crippen LogP contribution in [-0.2, 0) is 0 Å². The summed E-state index contributed by atoms with van der Waals surface area (Å²) >= 11 is 17.1. The second-order valence-electron chi connectivity index (χ2n) is 3.06. The lowest BCUT2D eigenvalue weighted by atomic mass is 10.2. The summed E-state index contributed by atoms with van der Waals surface area (Å²) in [5, 5.41) is 16.5. The lowest BCUT2D eigenvalue weighted by Gasteiger charge is -2.26. The van der Waals surface area contributed by atoms with Crippen LogP contribution >= 0.6 is 34.8 Å². The van der Waals surface area contributed by atoms with Gasteiger partial charge >= 0.3 is 10.0 Å². The zero-order chi connectivity index (χ0) is 12.0. The van der Waals surface area contributed by atoms with Gasteiger partial charge in [-0.3, -0.25) is 0 Å². The second-order valence-corrected chi connectivity index (χ2v) is 5.29. The number of hydrogen-bond donors (Lipinski definition) is 1. The molecule has 0 spiro atoms. The van der Waals surface area contributed by atoms with E-state index in [1.807, 2.05) is 0 Å². The Bertz CT molecular complexity index is 486. The number of benzene rings is 1. The molecule has 5 nitrogen and oxygen atoms in total. The van der Waals surface area contributed by atoms with Crippen molar-refractivity contribution in [1.82, 2.24) is 4.59 Å². The minimum absolute atomic E-state index is 0.218.